The van der Waals surface area contributed by atoms with Gasteiger partial charge in [-0.25, -0.2) is 38.7 Å². The standard InChI is InChI=1S/C30H34N2O5S.C29H34FN3O3S.C29H32N2O5S.C28H36N4O3S/c1-21-7-3-4-8-29(21)38(33,34)31-15-5-6-16-32-25(18-31)30(26(32)19-35-2)23-11-9-22(10-12-23)24-13-14-27-28(17-24)37-20-36-27;1-20-8-4-5-9-27(20)37(34,35)32-14-6-7-15-33-25(18-32)28(26(33)19-36-3)23-12-10-22(11-13-23)24-16-21(2)29(30)31-17-24;1-20-6-2-3-7-28(20)37(33,34)30-14-4-5-15-31-24(17-30)29(25(31)18-32)22-10-8-21(9-11-22)23-12-13-26-27(16-23)36-19-35-26;1-20-9-5-6-10-27(20)36(33,34)31-15-7-8-16-32-25(18-31)28(26(32)19-35-4)23-13-11-22(12-14-23)24-17-29-30(3)21(24)2/h3-4,7-14,17,25-26,30H,5-6,15-16,18-20H2,1-2H3;4-5,8-13,16-17,25-26,28H,6-7,14-15,18-19H2,1-3H3;2-3,6-13,16,24-25,29,32H,4-5,14-15,17-19H2,1H3;5-6,9-14,17,25-26,28H,7-8,15-16,18-19H2,1-4H3/t25-,26+,30-;25?,26-,28+;24-,25+,29-;25?,26-,28+/m0101/s1. The van der Waals surface area contributed by atoms with E-state index in [2.05, 4.69) is 122 Å². The van der Waals surface area contributed by atoms with Crippen molar-refractivity contribution in [3.8, 4) is 67.5 Å². The topological polar surface area (TPSA) is 278 Å². The van der Waals surface area contributed by atoms with Crippen LogP contribution in [-0.4, -0.2) is 279 Å². The fourth-order valence-electron chi connectivity index (χ4n) is 24.1. The molecular weight excluding hydrogens is 1950 g/mol. The van der Waals surface area contributed by atoms with Gasteiger partial charge >= 0.3 is 0 Å². The van der Waals surface area contributed by atoms with Crippen molar-refractivity contribution in [2.45, 2.75) is 184 Å². The van der Waals surface area contributed by atoms with Crippen LogP contribution in [0.15, 0.2) is 269 Å². The molecule has 0 aliphatic carbocycles. The molecule has 782 valence electrons. The number of nitrogens with zero attached hydrogens (tertiary/aromatic N) is 11. The monoisotopic (exact) mass is 2090 g/mol. The molecule has 10 aromatic carbocycles. The number of rotatable bonds is 23. The Morgan fingerprint density at radius 3 is 0.912 bits per heavy atom. The van der Waals surface area contributed by atoms with Crippen molar-refractivity contribution >= 4 is 40.1 Å². The lowest BCUT2D eigenvalue weighted by Crippen LogP contribution is -2.68. The van der Waals surface area contributed by atoms with Crippen LogP contribution in [0.5, 0.6) is 23.0 Å². The highest BCUT2D eigenvalue weighted by Gasteiger charge is 2.56. The van der Waals surface area contributed by atoms with Gasteiger partial charge in [0, 0.05) is 181 Å². The highest BCUT2D eigenvalue weighted by atomic mass is 32.2. The number of benzene rings is 10. The maximum Gasteiger partial charge on any atom is 0.243 e. The third-order valence-electron chi connectivity index (χ3n) is 32.1. The van der Waals surface area contributed by atoms with Gasteiger partial charge in [-0.1, -0.05) is 182 Å². The average Bonchev–Trinajstić information content (AvgIpc) is 0.778. The summed E-state index contributed by atoms with van der Waals surface area (Å²) in [7, 11) is -7.20. The number of hydrogen-bond donors (Lipinski definition) is 1. The molecule has 12 heterocycles. The number of methoxy groups -OCH3 is 3. The minimum atomic E-state index is -3.61. The molecule has 32 heteroatoms. The lowest BCUT2D eigenvalue weighted by Gasteiger charge is -2.57. The van der Waals surface area contributed by atoms with Crippen LogP contribution in [0.4, 0.5) is 4.39 Å². The van der Waals surface area contributed by atoms with Crippen LogP contribution >= 0.6 is 0 Å². The summed E-state index contributed by atoms with van der Waals surface area (Å²) in [6.45, 7) is 21.4. The van der Waals surface area contributed by atoms with Gasteiger partial charge in [-0.05, 0) is 252 Å². The number of pyridine rings is 1. The van der Waals surface area contributed by atoms with Crippen molar-refractivity contribution in [3.63, 3.8) is 0 Å². The number of fused-ring (bicyclic) bond motifs is 6. The van der Waals surface area contributed by atoms with Crippen molar-refractivity contribution in [1.82, 2.24) is 51.6 Å². The Morgan fingerprint density at radius 2 is 0.615 bits per heavy atom. The van der Waals surface area contributed by atoms with Gasteiger partial charge in [0.15, 0.2) is 23.0 Å². The third kappa shape index (κ3) is 21.5. The fourth-order valence-corrected chi connectivity index (χ4v) is 31.0. The van der Waals surface area contributed by atoms with Crippen LogP contribution in [0.3, 0.4) is 0 Å². The molecule has 2 unspecified atom stereocenters. The first-order chi connectivity index (χ1) is 71.6. The van der Waals surface area contributed by atoms with Crippen LogP contribution in [0.1, 0.15) is 131 Å². The summed E-state index contributed by atoms with van der Waals surface area (Å²) < 4.78 is 171. The SMILES string of the molecule is COC[C@@H]1[C@@H](c2ccc(-c3ccc4c(c3)OCO4)cc2)[C@@H]2CN(S(=O)(=O)c3ccccc3C)CCCCN12.COC[C@@H]1[C@@H](c2ccc(-c3cnc(F)c(C)c3)cc2)C2CN(S(=O)(=O)c3ccccc3C)CCCCN21.COC[C@@H]1[C@@H](c2ccc(-c3cnn(C)c3C)cc2)C2CN(S(=O)(=O)c3ccccc3C)CCCCN21.Cc1ccccc1S(=O)(=O)N1CCCCN2[C@H](CO)[C@@H](c3ccc(-c4ccc5c(c4)OCO5)cc3)[C@@H]2C1. The van der Waals surface area contributed by atoms with Gasteiger partial charge in [0.25, 0.3) is 0 Å². The molecule has 10 aliphatic heterocycles. The molecule has 0 saturated carbocycles. The number of aliphatic hydroxyl groups is 1. The molecule has 1 N–H and O–H groups in total. The molecule has 12 atom stereocenters. The van der Waals surface area contributed by atoms with Crippen molar-refractivity contribution in [1.29, 1.82) is 0 Å². The van der Waals surface area contributed by atoms with Crippen molar-refractivity contribution in [3.05, 3.63) is 311 Å². The van der Waals surface area contributed by atoms with E-state index in [0.717, 1.165) is 184 Å². The lowest BCUT2D eigenvalue weighted by atomic mass is 9.74. The van der Waals surface area contributed by atoms with Gasteiger partial charge in [-0.2, -0.15) is 26.7 Å². The highest BCUT2D eigenvalue weighted by molar-refractivity contribution is 7.90. The molecule has 10 aliphatic rings. The summed E-state index contributed by atoms with van der Waals surface area (Å²) in [4.78, 5) is 15.1. The zero-order valence-corrected chi connectivity index (χ0v) is 89.3. The summed E-state index contributed by atoms with van der Waals surface area (Å²) in [5, 5.41) is 14.7. The van der Waals surface area contributed by atoms with E-state index in [1.54, 1.807) is 100 Å². The zero-order chi connectivity index (χ0) is 103. The third-order valence-corrected chi connectivity index (χ3v) is 40.2. The summed E-state index contributed by atoms with van der Waals surface area (Å²) in [6, 6.07) is 77.8. The number of ether oxygens (including phenoxy) is 7. The predicted octanol–water partition coefficient (Wildman–Crippen LogP) is 17.4. The first-order valence-corrected chi connectivity index (χ1v) is 57.5. The molecule has 0 spiro atoms. The lowest BCUT2D eigenvalue weighted by molar-refractivity contribution is -0.0635. The maximum absolute atomic E-state index is 13.7. The number of sulfonamides is 4. The van der Waals surface area contributed by atoms with E-state index < -0.39 is 46.0 Å². The van der Waals surface area contributed by atoms with Crippen LogP contribution in [0.2, 0.25) is 0 Å². The first kappa shape index (κ1) is 105. The Bertz CT molecular complexity index is 7180. The van der Waals surface area contributed by atoms with Crippen molar-refractivity contribution in [2.75, 3.05) is 140 Å². The Morgan fingerprint density at radius 1 is 0.331 bits per heavy atom. The molecule has 12 aromatic rings. The molecule has 0 radical (unpaired) electrons. The molecule has 22 rings (SSSR count). The molecule has 148 heavy (non-hydrogen) atoms. The zero-order valence-electron chi connectivity index (χ0n) is 86.0. The maximum atomic E-state index is 13.7. The van der Waals surface area contributed by atoms with E-state index in [0.29, 0.717) is 97.3 Å². The Balaban J connectivity index is 0.000000124. The second kappa shape index (κ2) is 45.7. The Hall–Kier alpha value is -11.0. The number of aliphatic hydroxyl groups excluding tert-OH is 1. The van der Waals surface area contributed by atoms with Crippen molar-refractivity contribution in [2.24, 2.45) is 7.05 Å². The fraction of sp³-hybridized carbons (Fsp3) is 0.414. The summed E-state index contributed by atoms with van der Waals surface area (Å²) in [5.74, 6) is 3.21. The quantitative estimate of drug-likeness (QED) is 0.0582. The van der Waals surface area contributed by atoms with Gasteiger partial charge in [0.05, 0.1) is 52.2 Å². The Labute approximate surface area is 871 Å². The van der Waals surface area contributed by atoms with Crippen LogP contribution in [-0.2, 0) is 61.4 Å². The van der Waals surface area contributed by atoms with E-state index in [4.69, 9.17) is 33.2 Å². The predicted molar refractivity (Wildman–Crippen MR) is 571 cm³/mol. The largest absolute Gasteiger partial charge is 0.454 e. The van der Waals surface area contributed by atoms with Gasteiger partial charge in [-0.3, -0.25) is 24.3 Å². The summed E-state index contributed by atoms with van der Waals surface area (Å²) in [5.41, 5.74) is 17.9. The highest BCUT2D eigenvalue weighted by Crippen LogP contribution is 2.50. The molecule has 8 fully saturated rings. The number of halogens is 1. The second-order valence-electron chi connectivity index (χ2n) is 40.7. The molecule has 0 bridgehead atoms. The van der Waals surface area contributed by atoms with E-state index in [1.165, 1.54) is 11.1 Å². The van der Waals surface area contributed by atoms with Gasteiger partial charge < -0.3 is 38.3 Å². The van der Waals surface area contributed by atoms with Crippen LogP contribution < -0.4 is 18.9 Å². The van der Waals surface area contributed by atoms with E-state index >= 15 is 0 Å². The van der Waals surface area contributed by atoms with E-state index in [9.17, 15) is 43.2 Å². The minimum absolute atomic E-state index is 0.0116. The molecule has 2 aromatic heterocycles. The molecule has 27 nitrogen and oxygen atoms in total. The first-order valence-electron chi connectivity index (χ1n) is 51.7. The van der Waals surface area contributed by atoms with E-state index in [1.807, 2.05) is 149 Å². The summed E-state index contributed by atoms with van der Waals surface area (Å²) in [6.07, 6.45) is 10.6. The van der Waals surface area contributed by atoms with Gasteiger partial charge in [-0.15, -0.1) is 0 Å². The number of hydrogen-bond acceptors (Lipinski definition) is 22. The van der Waals surface area contributed by atoms with Gasteiger partial charge in [0.1, 0.15) is 0 Å². The number of aryl methyl sites for hydroxylation is 6. The average molecular weight is 2090 g/mol. The van der Waals surface area contributed by atoms with Gasteiger partial charge in [0.2, 0.25) is 59.6 Å². The van der Waals surface area contributed by atoms with E-state index in [-0.39, 0.29) is 92.2 Å². The van der Waals surface area contributed by atoms with Crippen molar-refractivity contribution < 1.29 is 76.3 Å². The smallest absolute Gasteiger partial charge is 0.243 e. The molecule has 8 saturated heterocycles. The molecule has 0 amide bonds. The summed E-state index contributed by atoms with van der Waals surface area (Å²) >= 11 is 0. The molecular formula is C116H136FN11O16S4. The number of aromatic nitrogens is 3. The second-order valence-corrected chi connectivity index (χ2v) is 48.3. The minimum Gasteiger partial charge on any atom is -0.454 e. The Kier molecular flexibility index (Phi) is 32.5. The van der Waals surface area contributed by atoms with Crippen LogP contribution in [0, 0.1) is 47.5 Å². The normalized spacial score (nSPS) is 23.6. The van der Waals surface area contributed by atoms with Crippen LogP contribution in [0.25, 0.3) is 44.5 Å².